The molecule has 3 aliphatic rings. The molecule has 0 aliphatic carbocycles. The smallest absolute Gasteiger partial charge is 0.317 e. The summed E-state index contributed by atoms with van der Waals surface area (Å²) in [6.07, 6.45) is 5.59. The number of nitrogens with one attached hydrogen (secondary N) is 1. The van der Waals surface area contributed by atoms with Gasteiger partial charge in [-0.05, 0) is 61.8 Å². The normalized spacial score (nSPS) is 28.6. The Hall–Kier alpha value is -2.15. The molecule has 30 heavy (non-hydrogen) atoms. The first-order chi connectivity index (χ1) is 14.4. The average molecular weight is 417 g/mol. The largest absolute Gasteiger partial charge is 0.340 e. The zero-order valence-electron chi connectivity index (χ0n) is 18.0. The van der Waals surface area contributed by atoms with Gasteiger partial charge < -0.3 is 15.1 Å². The third-order valence-electron chi connectivity index (χ3n) is 7.11. The Morgan fingerprint density at radius 2 is 2.00 bits per heavy atom. The van der Waals surface area contributed by atoms with Crippen molar-refractivity contribution in [2.24, 2.45) is 11.8 Å². The van der Waals surface area contributed by atoms with Gasteiger partial charge in [-0.1, -0.05) is 18.6 Å². The van der Waals surface area contributed by atoms with Crippen LogP contribution in [0.4, 0.5) is 9.18 Å². The molecular weight excluding hydrogens is 383 g/mol. The summed E-state index contributed by atoms with van der Waals surface area (Å²) >= 11 is 0. The number of amides is 3. The number of urea groups is 1. The number of likely N-dealkylation sites (tertiary alicyclic amines) is 1. The molecule has 164 valence electrons. The van der Waals surface area contributed by atoms with Gasteiger partial charge in [-0.15, -0.1) is 0 Å². The van der Waals surface area contributed by atoms with Gasteiger partial charge in [-0.25, -0.2) is 9.18 Å². The molecule has 2 bridgehead atoms. The number of fused-ring (bicyclic) bond motifs is 4. The summed E-state index contributed by atoms with van der Waals surface area (Å²) in [6, 6.07) is 7.52. The van der Waals surface area contributed by atoms with Gasteiger partial charge in [-0.3, -0.25) is 9.69 Å². The second kappa shape index (κ2) is 8.92. The van der Waals surface area contributed by atoms with E-state index in [1.807, 2.05) is 11.0 Å². The predicted octanol–water partition coefficient (Wildman–Crippen LogP) is 2.34. The number of halogens is 1. The molecule has 7 heteroatoms. The van der Waals surface area contributed by atoms with Gasteiger partial charge in [0.1, 0.15) is 5.82 Å². The zero-order chi connectivity index (χ0) is 21.3. The summed E-state index contributed by atoms with van der Waals surface area (Å²) in [4.78, 5) is 30.7. The minimum Gasteiger partial charge on any atom is -0.340 e. The Morgan fingerprint density at radius 3 is 2.77 bits per heavy atom. The molecule has 0 aromatic heterocycles. The Labute approximate surface area is 178 Å². The van der Waals surface area contributed by atoms with Crippen molar-refractivity contribution < 1.29 is 14.0 Å². The van der Waals surface area contributed by atoms with E-state index in [4.69, 9.17) is 0 Å². The summed E-state index contributed by atoms with van der Waals surface area (Å²) in [5, 5.41) is 2.70. The number of hydrogen-bond acceptors (Lipinski definition) is 3. The Kier molecular flexibility index (Phi) is 6.27. The maximum atomic E-state index is 13.8. The highest BCUT2D eigenvalue weighted by molar-refractivity contribution is 5.84. The van der Waals surface area contributed by atoms with Crippen molar-refractivity contribution in [1.29, 1.82) is 0 Å². The van der Waals surface area contributed by atoms with Crippen molar-refractivity contribution in [1.82, 2.24) is 20.0 Å². The van der Waals surface area contributed by atoms with Crippen molar-refractivity contribution in [2.75, 3.05) is 40.3 Å². The first-order valence-corrected chi connectivity index (χ1v) is 11.2. The Bertz CT molecular complexity index is 786. The molecule has 3 amide bonds. The molecule has 0 radical (unpaired) electrons. The lowest BCUT2D eigenvalue weighted by atomic mass is 9.71. The van der Waals surface area contributed by atoms with Crippen LogP contribution in [0.3, 0.4) is 0 Å². The molecule has 3 aliphatic heterocycles. The van der Waals surface area contributed by atoms with Gasteiger partial charge >= 0.3 is 6.03 Å². The number of piperidine rings is 3. The molecule has 1 aromatic carbocycles. The molecule has 0 unspecified atom stereocenters. The van der Waals surface area contributed by atoms with Crippen LogP contribution in [0.25, 0.3) is 0 Å². The van der Waals surface area contributed by atoms with Crippen molar-refractivity contribution in [3.05, 3.63) is 35.6 Å². The van der Waals surface area contributed by atoms with Crippen LogP contribution in [0.1, 0.15) is 31.2 Å². The lowest BCUT2D eigenvalue weighted by Crippen LogP contribution is -2.65. The Balaban J connectivity index is 1.49. The van der Waals surface area contributed by atoms with E-state index in [2.05, 4.69) is 10.2 Å². The van der Waals surface area contributed by atoms with E-state index >= 15 is 0 Å². The highest BCUT2D eigenvalue weighted by Gasteiger charge is 2.47. The van der Waals surface area contributed by atoms with Gasteiger partial charge in [0.2, 0.25) is 5.91 Å². The summed E-state index contributed by atoms with van der Waals surface area (Å²) in [6.45, 7) is 2.64. The Morgan fingerprint density at radius 1 is 1.20 bits per heavy atom. The molecule has 4 rings (SSSR count). The van der Waals surface area contributed by atoms with Crippen LogP contribution >= 0.6 is 0 Å². The van der Waals surface area contributed by atoms with Gasteiger partial charge in [0, 0.05) is 39.3 Å². The van der Waals surface area contributed by atoms with E-state index < -0.39 is 0 Å². The fourth-order valence-corrected chi connectivity index (χ4v) is 5.72. The highest BCUT2D eigenvalue weighted by atomic mass is 19.1. The molecule has 0 spiro atoms. The van der Waals surface area contributed by atoms with E-state index in [0.717, 1.165) is 38.0 Å². The standard InChI is InChI=1S/C23H33FN4O2/c1-26(2)23(30)25-13-22(29)27-14-17-12-18(15-27)21(28-9-4-3-8-20(17)28)11-16-6-5-7-19(24)10-16/h5-7,10,17-18,20-21H,3-4,8-9,11-15H2,1-2H3,(H,25,30)/t17-,18+,20+,21+/m1/s1. The summed E-state index contributed by atoms with van der Waals surface area (Å²) in [7, 11) is 3.33. The maximum Gasteiger partial charge on any atom is 0.317 e. The summed E-state index contributed by atoms with van der Waals surface area (Å²) in [5.41, 5.74) is 1.03. The van der Waals surface area contributed by atoms with Crippen LogP contribution in [0.15, 0.2) is 24.3 Å². The zero-order valence-corrected chi connectivity index (χ0v) is 18.0. The van der Waals surface area contributed by atoms with Gasteiger partial charge in [0.25, 0.3) is 0 Å². The third kappa shape index (κ3) is 4.46. The molecule has 6 nitrogen and oxygen atoms in total. The molecular formula is C23H33FN4O2. The number of rotatable bonds is 4. The van der Waals surface area contributed by atoms with Crippen LogP contribution in [-0.4, -0.2) is 79.0 Å². The maximum absolute atomic E-state index is 13.8. The van der Waals surface area contributed by atoms with Crippen molar-refractivity contribution in [3.8, 4) is 0 Å². The number of nitrogens with zero attached hydrogens (tertiary/aromatic N) is 3. The molecule has 1 N–H and O–H groups in total. The second-order valence-electron chi connectivity index (χ2n) is 9.31. The molecule has 3 heterocycles. The molecule has 0 saturated carbocycles. The van der Waals surface area contributed by atoms with Crippen molar-refractivity contribution >= 4 is 11.9 Å². The quantitative estimate of drug-likeness (QED) is 0.820. The monoisotopic (exact) mass is 416 g/mol. The molecule has 3 saturated heterocycles. The van der Waals surface area contributed by atoms with Crippen LogP contribution in [-0.2, 0) is 11.2 Å². The van der Waals surface area contributed by atoms with Crippen molar-refractivity contribution in [3.63, 3.8) is 0 Å². The number of carbonyl (C=O) groups excluding carboxylic acids is 2. The number of benzene rings is 1. The average Bonchev–Trinajstić information content (AvgIpc) is 2.74. The fourth-order valence-electron chi connectivity index (χ4n) is 5.72. The molecule has 3 fully saturated rings. The molecule has 1 aromatic rings. The highest BCUT2D eigenvalue weighted by Crippen LogP contribution is 2.42. The lowest BCUT2D eigenvalue weighted by molar-refractivity contribution is -0.139. The first kappa shape index (κ1) is 21.1. The number of hydrogen-bond donors (Lipinski definition) is 1. The van der Waals surface area contributed by atoms with E-state index in [1.54, 1.807) is 26.2 Å². The van der Waals surface area contributed by atoms with Crippen LogP contribution in [0.5, 0.6) is 0 Å². The van der Waals surface area contributed by atoms with E-state index in [-0.39, 0.29) is 24.3 Å². The van der Waals surface area contributed by atoms with Crippen LogP contribution in [0.2, 0.25) is 0 Å². The second-order valence-corrected chi connectivity index (χ2v) is 9.31. The van der Waals surface area contributed by atoms with Gasteiger partial charge in [0.15, 0.2) is 0 Å². The molecule has 4 atom stereocenters. The van der Waals surface area contributed by atoms with Gasteiger partial charge in [0.05, 0.1) is 6.54 Å². The van der Waals surface area contributed by atoms with E-state index in [0.29, 0.717) is 23.9 Å². The summed E-state index contributed by atoms with van der Waals surface area (Å²) < 4.78 is 13.8. The lowest BCUT2D eigenvalue weighted by Gasteiger charge is -2.57. The predicted molar refractivity (Wildman–Crippen MR) is 113 cm³/mol. The first-order valence-electron chi connectivity index (χ1n) is 11.2. The number of carbonyl (C=O) groups is 2. The van der Waals surface area contributed by atoms with Gasteiger partial charge in [-0.2, -0.15) is 0 Å². The minimum atomic E-state index is -0.247. The topological polar surface area (TPSA) is 55.9 Å². The SMILES string of the molecule is CN(C)C(=O)NCC(=O)N1C[C@H]2C[C@@H](C1)[C@H](Cc1cccc(F)c1)N1CCCC[C@@H]21. The van der Waals surface area contributed by atoms with Crippen molar-refractivity contribution in [2.45, 2.75) is 44.2 Å². The summed E-state index contributed by atoms with van der Waals surface area (Å²) in [5.74, 6) is 0.679. The minimum absolute atomic E-state index is 0.00587. The van der Waals surface area contributed by atoms with Crippen LogP contribution in [0, 0.1) is 17.7 Å². The third-order valence-corrected chi connectivity index (χ3v) is 7.11. The van der Waals surface area contributed by atoms with E-state index in [9.17, 15) is 14.0 Å². The van der Waals surface area contributed by atoms with Crippen LogP contribution < -0.4 is 5.32 Å². The van der Waals surface area contributed by atoms with E-state index in [1.165, 1.54) is 30.2 Å². The fraction of sp³-hybridized carbons (Fsp3) is 0.652.